The van der Waals surface area contributed by atoms with Crippen molar-refractivity contribution in [2.45, 2.75) is 46.2 Å². The van der Waals surface area contributed by atoms with Gasteiger partial charge in [-0.3, -0.25) is 14.5 Å². The van der Waals surface area contributed by atoms with E-state index >= 15 is 0 Å². The fourth-order valence-corrected chi connectivity index (χ4v) is 4.82. The number of nitrogens with zero attached hydrogens (tertiary/aromatic N) is 3. The highest BCUT2D eigenvalue weighted by atomic mass is 16.5. The fourth-order valence-electron chi connectivity index (χ4n) is 4.82. The summed E-state index contributed by atoms with van der Waals surface area (Å²) in [6.45, 7) is 10.9. The quantitative estimate of drug-likeness (QED) is 0.663. The Balaban J connectivity index is 1.37. The number of carbonyl (C=O) groups is 2. The van der Waals surface area contributed by atoms with E-state index in [0.29, 0.717) is 32.8 Å². The van der Waals surface area contributed by atoms with E-state index < -0.39 is 0 Å². The number of aryl methyl sites for hydroxylation is 1. The minimum Gasteiger partial charge on any atom is -0.467 e. The van der Waals surface area contributed by atoms with Gasteiger partial charge in [0.05, 0.1) is 32.1 Å². The summed E-state index contributed by atoms with van der Waals surface area (Å²) in [6, 6.07) is 5.62. The minimum atomic E-state index is -0.197. The number of amides is 1. The van der Waals surface area contributed by atoms with E-state index in [1.165, 1.54) is 0 Å². The lowest BCUT2D eigenvalue weighted by Crippen LogP contribution is -2.49. The Morgan fingerprint density at radius 1 is 1.13 bits per heavy atom. The highest BCUT2D eigenvalue weighted by Crippen LogP contribution is 2.25. The van der Waals surface area contributed by atoms with Crippen molar-refractivity contribution in [2.24, 2.45) is 5.92 Å². The third-order valence-corrected chi connectivity index (χ3v) is 6.86. The number of aromatic nitrogens is 1. The topological polar surface area (TPSA) is 67.9 Å². The van der Waals surface area contributed by atoms with Gasteiger partial charge in [-0.25, -0.2) is 0 Å². The standard InChI is InChI=1S/C24H33N3O4/c1-17-15-22(18(2)27(17)16-21-5-4-12-31-21)23(28)19(3)25-8-6-20(7-9-25)24(29)26-10-13-30-14-11-26/h4-5,12,15,19-20H,6-11,13-14,16H2,1-3H3. The second-order valence-electron chi connectivity index (χ2n) is 8.74. The van der Waals surface area contributed by atoms with Crippen LogP contribution in [0.2, 0.25) is 0 Å². The summed E-state index contributed by atoms with van der Waals surface area (Å²) in [5.41, 5.74) is 2.81. The normalized spacial score (nSPS) is 19.5. The minimum absolute atomic E-state index is 0.0648. The maximum Gasteiger partial charge on any atom is 0.225 e. The molecule has 0 aliphatic carbocycles. The van der Waals surface area contributed by atoms with Crippen LogP contribution in [0.15, 0.2) is 28.9 Å². The van der Waals surface area contributed by atoms with Gasteiger partial charge in [-0.2, -0.15) is 0 Å². The van der Waals surface area contributed by atoms with Crippen molar-refractivity contribution in [2.75, 3.05) is 39.4 Å². The molecule has 2 fully saturated rings. The lowest BCUT2D eigenvalue weighted by atomic mass is 9.93. The molecule has 2 aliphatic heterocycles. The number of hydrogen-bond acceptors (Lipinski definition) is 5. The zero-order valence-electron chi connectivity index (χ0n) is 18.8. The Kier molecular flexibility index (Phi) is 6.62. The molecule has 7 heteroatoms. The Hall–Kier alpha value is -2.38. The highest BCUT2D eigenvalue weighted by molar-refractivity contribution is 6.01. The maximum absolute atomic E-state index is 13.3. The molecule has 0 bridgehead atoms. The van der Waals surface area contributed by atoms with Gasteiger partial charge < -0.3 is 18.6 Å². The molecule has 1 amide bonds. The first-order valence-corrected chi connectivity index (χ1v) is 11.3. The van der Waals surface area contributed by atoms with Crippen LogP contribution in [-0.2, 0) is 16.1 Å². The SMILES string of the molecule is Cc1cc(C(=O)C(C)N2CCC(C(=O)N3CCOCC3)CC2)c(C)n1Cc1ccco1. The van der Waals surface area contributed by atoms with Gasteiger partial charge in [0.1, 0.15) is 5.76 Å². The van der Waals surface area contributed by atoms with Crippen LogP contribution in [0.3, 0.4) is 0 Å². The summed E-state index contributed by atoms with van der Waals surface area (Å²) in [5, 5.41) is 0. The van der Waals surface area contributed by atoms with Crippen LogP contribution in [0.5, 0.6) is 0 Å². The fraction of sp³-hybridized carbons (Fsp3) is 0.583. The molecule has 168 valence electrons. The number of carbonyl (C=O) groups excluding carboxylic acids is 2. The van der Waals surface area contributed by atoms with E-state index in [1.54, 1.807) is 6.26 Å². The zero-order chi connectivity index (χ0) is 22.0. The largest absolute Gasteiger partial charge is 0.467 e. The van der Waals surface area contributed by atoms with Gasteiger partial charge in [-0.15, -0.1) is 0 Å². The molecular weight excluding hydrogens is 394 g/mol. The first kappa shape index (κ1) is 21.8. The highest BCUT2D eigenvalue weighted by Gasteiger charge is 2.33. The molecule has 2 aliphatic rings. The Morgan fingerprint density at radius 2 is 1.84 bits per heavy atom. The predicted octanol–water partition coefficient (Wildman–Crippen LogP) is 2.89. The zero-order valence-corrected chi connectivity index (χ0v) is 18.8. The lowest BCUT2D eigenvalue weighted by Gasteiger charge is -2.37. The third-order valence-electron chi connectivity index (χ3n) is 6.86. The van der Waals surface area contributed by atoms with Gasteiger partial charge in [0.2, 0.25) is 5.91 Å². The molecule has 0 aromatic carbocycles. The number of morpholine rings is 1. The van der Waals surface area contributed by atoms with Gasteiger partial charge in [0, 0.05) is 36.0 Å². The van der Waals surface area contributed by atoms with Gasteiger partial charge in [-0.05, 0) is 64.9 Å². The number of rotatable bonds is 6. The van der Waals surface area contributed by atoms with Crippen LogP contribution in [0.1, 0.15) is 47.3 Å². The molecule has 7 nitrogen and oxygen atoms in total. The number of likely N-dealkylation sites (tertiary alicyclic amines) is 1. The van der Waals surface area contributed by atoms with Crippen molar-refractivity contribution in [3.63, 3.8) is 0 Å². The molecule has 4 heterocycles. The molecule has 2 aromatic rings. The van der Waals surface area contributed by atoms with Crippen LogP contribution in [0.25, 0.3) is 0 Å². The van der Waals surface area contributed by atoms with Crippen molar-refractivity contribution in [3.05, 3.63) is 47.2 Å². The summed E-state index contributed by atoms with van der Waals surface area (Å²) in [6.07, 6.45) is 3.29. The van der Waals surface area contributed by atoms with Crippen molar-refractivity contribution < 1.29 is 18.7 Å². The average molecular weight is 428 g/mol. The number of furan rings is 1. The van der Waals surface area contributed by atoms with Crippen molar-refractivity contribution in [3.8, 4) is 0 Å². The summed E-state index contributed by atoms with van der Waals surface area (Å²) in [4.78, 5) is 30.3. The monoisotopic (exact) mass is 427 g/mol. The molecule has 2 aromatic heterocycles. The van der Waals surface area contributed by atoms with Crippen LogP contribution >= 0.6 is 0 Å². The molecule has 0 N–H and O–H groups in total. The Morgan fingerprint density at radius 3 is 2.48 bits per heavy atom. The second kappa shape index (κ2) is 9.40. The molecule has 0 saturated carbocycles. The Bertz CT molecular complexity index is 904. The predicted molar refractivity (Wildman–Crippen MR) is 117 cm³/mol. The lowest BCUT2D eigenvalue weighted by molar-refractivity contribution is -0.141. The van der Waals surface area contributed by atoms with Crippen molar-refractivity contribution >= 4 is 11.7 Å². The molecule has 31 heavy (non-hydrogen) atoms. The summed E-state index contributed by atoms with van der Waals surface area (Å²) in [7, 11) is 0. The summed E-state index contributed by atoms with van der Waals surface area (Å²) < 4.78 is 13.0. The molecule has 1 atom stereocenters. The first-order chi connectivity index (χ1) is 15.0. The van der Waals surface area contributed by atoms with Crippen molar-refractivity contribution in [1.82, 2.24) is 14.4 Å². The smallest absolute Gasteiger partial charge is 0.225 e. The molecule has 0 spiro atoms. The maximum atomic E-state index is 13.3. The summed E-state index contributed by atoms with van der Waals surface area (Å²) in [5.74, 6) is 1.34. The number of ether oxygens (including phenoxy) is 1. The van der Waals surface area contributed by atoms with E-state index in [2.05, 4.69) is 9.47 Å². The van der Waals surface area contributed by atoms with Crippen LogP contribution in [0.4, 0.5) is 0 Å². The summed E-state index contributed by atoms with van der Waals surface area (Å²) >= 11 is 0. The Labute approximate surface area is 183 Å². The number of ketones is 1. The van der Waals surface area contributed by atoms with Crippen LogP contribution in [-0.4, -0.2) is 71.5 Å². The number of Topliss-reactive ketones (excluding diaryl/α,β-unsaturated/α-hetero) is 1. The molecule has 2 saturated heterocycles. The van der Waals surface area contributed by atoms with E-state index in [-0.39, 0.29) is 23.7 Å². The average Bonchev–Trinajstić information content (AvgIpc) is 3.42. The van der Waals surface area contributed by atoms with Gasteiger partial charge in [0.15, 0.2) is 5.78 Å². The molecule has 4 rings (SSSR count). The van der Waals surface area contributed by atoms with Crippen LogP contribution < -0.4 is 0 Å². The first-order valence-electron chi connectivity index (χ1n) is 11.3. The molecule has 0 radical (unpaired) electrons. The van der Waals surface area contributed by atoms with Gasteiger partial charge >= 0.3 is 0 Å². The number of hydrogen-bond donors (Lipinski definition) is 0. The second-order valence-corrected chi connectivity index (χ2v) is 8.74. The van der Waals surface area contributed by atoms with Gasteiger partial charge in [-0.1, -0.05) is 0 Å². The third kappa shape index (κ3) is 4.62. The van der Waals surface area contributed by atoms with Crippen molar-refractivity contribution in [1.29, 1.82) is 0 Å². The number of piperidine rings is 1. The van der Waals surface area contributed by atoms with Gasteiger partial charge in [0.25, 0.3) is 0 Å². The van der Waals surface area contributed by atoms with Crippen LogP contribution in [0, 0.1) is 19.8 Å². The van der Waals surface area contributed by atoms with E-state index in [1.807, 2.05) is 43.9 Å². The molecular formula is C24H33N3O4. The van der Waals surface area contributed by atoms with E-state index in [9.17, 15) is 9.59 Å². The van der Waals surface area contributed by atoms with E-state index in [0.717, 1.165) is 48.6 Å². The molecule has 1 unspecified atom stereocenters. The van der Waals surface area contributed by atoms with E-state index in [4.69, 9.17) is 9.15 Å².